The predicted octanol–water partition coefficient (Wildman–Crippen LogP) is 2.98. The fraction of sp³-hybridized carbons (Fsp3) is 0.500. The first kappa shape index (κ1) is 12.6. The van der Waals surface area contributed by atoms with Gasteiger partial charge in [-0.05, 0) is 34.7 Å². The fourth-order valence-electron chi connectivity index (χ4n) is 1.13. The van der Waals surface area contributed by atoms with E-state index in [1.807, 2.05) is 17.8 Å². The number of hydrogen-bond acceptors (Lipinski definition) is 4. The molecular formula is C10H16BrN3S. The van der Waals surface area contributed by atoms with Crippen molar-refractivity contribution in [1.29, 1.82) is 0 Å². The normalized spacial score (nSPS) is 12.5. The van der Waals surface area contributed by atoms with Crippen molar-refractivity contribution < 1.29 is 0 Å². The van der Waals surface area contributed by atoms with E-state index in [4.69, 9.17) is 5.73 Å². The molecule has 0 saturated carbocycles. The van der Waals surface area contributed by atoms with Crippen molar-refractivity contribution in [1.82, 2.24) is 4.98 Å². The highest BCUT2D eigenvalue weighted by molar-refractivity contribution is 9.10. The number of nitrogens with two attached hydrogens (primary N) is 1. The topological polar surface area (TPSA) is 50.9 Å². The van der Waals surface area contributed by atoms with Crippen molar-refractivity contribution in [2.75, 3.05) is 22.6 Å². The van der Waals surface area contributed by atoms with Gasteiger partial charge in [0.05, 0.1) is 16.4 Å². The Hall–Kier alpha value is -0.420. The van der Waals surface area contributed by atoms with Gasteiger partial charge in [-0.2, -0.15) is 11.8 Å². The molecular weight excluding hydrogens is 274 g/mol. The first-order chi connectivity index (χ1) is 7.13. The lowest BCUT2D eigenvalue weighted by atomic mass is 10.3. The Morgan fingerprint density at radius 1 is 1.67 bits per heavy atom. The molecule has 0 amide bonds. The minimum Gasteiger partial charge on any atom is -0.397 e. The molecule has 0 spiro atoms. The van der Waals surface area contributed by atoms with E-state index in [2.05, 4.69) is 40.1 Å². The summed E-state index contributed by atoms with van der Waals surface area (Å²) in [5, 5.41) is 3.34. The summed E-state index contributed by atoms with van der Waals surface area (Å²) in [5.74, 6) is 3.07. The second kappa shape index (κ2) is 6.23. The predicted molar refractivity (Wildman–Crippen MR) is 72.4 cm³/mol. The minimum atomic E-state index is 0.405. The summed E-state index contributed by atoms with van der Waals surface area (Å²) in [6.45, 7) is 4.31. The van der Waals surface area contributed by atoms with Gasteiger partial charge in [0.25, 0.3) is 0 Å². The van der Waals surface area contributed by atoms with Crippen LogP contribution in [0.25, 0.3) is 0 Å². The van der Waals surface area contributed by atoms with E-state index in [9.17, 15) is 0 Å². The third kappa shape index (κ3) is 4.30. The molecule has 15 heavy (non-hydrogen) atoms. The molecule has 1 unspecified atom stereocenters. The Bertz CT molecular complexity index is 320. The number of pyridine rings is 1. The van der Waals surface area contributed by atoms with Gasteiger partial charge < -0.3 is 11.1 Å². The summed E-state index contributed by atoms with van der Waals surface area (Å²) in [6.07, 6.45) is 1.66. The van der Waals surface area contributed by atoms with Crippen LogP contribution >= 0.6 is 27.7 Å². The van der Waals surface area contributed by atoms with E-state index >= 15 is 0 Å². The van der Waals surface area contributed by atoms with Crippen LogP contribution in [0.4, 0.5) is 11.5 Å². The second-order valence-corrected chi connectivity index (χ2v) is 5.48. The highest BCUT2D eigenvalue weighted by atomic mass is 79.9. The Morgan fingerprint density at radius 3 is 3.00 bits per heavy atom. The molecule has 0 aliphatic rings. The first-order valence-electron chi connectivity index (χ1n) is 4.88. The molecule has 3 N–H and O–H groups in total. The molecule has 0 aliphatic carbocycles. The molecule has 3 nitrogen and oxygen atoms in total. The second-order valence-electron chi connectivity index (χ2n) is 3.30. The summed E-state index contributed by atoms with van der Waals surface area (Å²) in [6, 6.07) is 2.26. The maximum atomic E-state index is 5.61. The van der Waals surface area contributed by atoms with Gasteiger partial charge in [-0.3, -0.25) is 0 Å². The van der Waals surface area contributed by atoms with E-state index in [0.29, 0.717) is 11.7 Å². The van der Waals surface area contributed by atoms with Gasteiger partial charge in [0.2, 0.25) is 0 Å². The molecule has 84 valence electrons. The number of aromatic nitrogens is 1. The van der Waals surface area contributed by atoms with Gasteiger partial charge in [-0.1, -0.05) is 6.92 Å². The lowest BCUT2D eigenvalue weighted by Crippen LogP contribution is -2.19. The van der Waals surface area contributed by atoms with Gasteiger partial charge in [0.1, 0.15) is 5.82 Å². The molecule has 0 aromatic carbocycles. The van der Waals surface area contributed by atoms with Gasteiger partial charge in [0, 0.05) is 11.8 Å². The van der Waals surface area contributed by atoms with Crippen LogP contribution in [0, 0.1) is 0 Å². The van der Waals surface area contributed by atoms with Crippen LogP contribution in [0.1, 0.15) is 13.8 Å². The standard InChI is InChI=1S/C10H16BrN3S/c1-3-15-6-7(2)14-10-9(11)4-8(12)5-13-10/h4-5,7H,3,6,12H2,1-2H3,(H,13,14). The third-order valence-electron chi connectivity index (χ3n) is 1.82. The number of anilines is 2. The molecule has 1 aromatic heterocycles. The van der Waals surface area contributed by atoms with Crippen LogP contribution in [0.5, 0.6) is 0 Å². The van der Waals surface area contributed by atoms with Crippen LogP contribution in [-0.2, 0) is 0 Å². The van der Waals surface area contributed by atoms with E-state index in [-0.39, 0.29) is 0 Å². The highest BCUT2D eigenvalue weighted by Gasteiger charge is 2.06. The molecule has 1 aromatic rings. The number of thioether (sulfide) groups is 1. The summed E-state index contributed by atoms with van der Waals surface area (Å²) < 4.78 is 0.913. The number of nitrogens with one attached hydrogen (secondary N) is 1. The molecule has 5 heteroatoms. The Morgan fingerprint density at radius 2 is 2.40 bits per heavy atom. The Kier molecular flexibility index (Phi) is 5.25. The molecule has 1 rings (SSSR count). The lowest BCUT2D eigenvalue weighted by molar-refractivity contribution is 0.900. The Balaban J connectivity index is 2.56. The van der Waals surface area contributed by atoms with Gasteiger partial charge in [-0.25, -0.2) is 4.98 Å². The maximum Gasteiger partial charge on any atom is 0.140 e. The largest absolute Gasteiger partial charge is 0.397 e. The molecule has 0 saturated heterocycles. The summed E-state index contributed by atoms with van der Waals surface area (Å²) >= 11 is 5.35. The van der Waals surface area contributed by atoms with Crippen LogP contribution in [-0.4, -0.2) is 22.5 Å². The molecule has 1 heterocycles. The van der Waals surface area contributed by atoms with Crippen LogP contribution in [0.3, 0.4) is 0 Å². The quantitative estimate of drug-likeness (QED) is 0.875. The summed E-state index contributed by atoms with van der Waals surface area (Å²) in [4.78, 5) is 4.23. The first-order valence-corrected chi connectivity index (χ1v) is 6.83. The zero-order valence-electron chi connectivity index (χ0n) is 8.96. The van der Waals surface area contributed by atoms with Crippen LogP contribution < -0.4 is 11.1 Å². The number of halogens is 1. The van der Waals surface area contributed by atoms with E-state index in [0.717, 1.165) is 21.8 Å². The number of hydrogen-bond donors (Lipinski definition) is 2. The summed E-state index contributed by atoms with van der Waals surface area (Å²) in [5.41, 5.74) is 6.28. The van der Waals surface area contributed by atoms with Crippen molar-refractivity contribution in [2.45, 2.75) is 19.9 Å². The van der Waals surface area contributed by atoms with Crippen LogP contribution in [0.15, 0.2) is 16.7 Å². The SMILES string of the molecule is CCSCC(C)Nc1ncc(N)cc1Br. The zero-order valence-corrected chi connectivity index (χ0v) is 11.4. The summed E-state index contributed by atoms with van der Waals surface area (Å²) in [7, 11) is 0. The third-order valence-corrected chi connectivity index (χ3v) is 3.57. The van der Waals surface area contributed by atoms with Crippen molar-refractivity contribution >= 4 is 39.2 Å². The van der Waals surface area contributed by atoms with Crippen molar-refractivity contribution in [3.8, 4) is 0 Å². The molecule has 1 atom stereocenters. The highest BCUT2D eigenvalue weighted by Crippen LogP contribution is 2.22. The van der Waals surface area contributed by atoms with Gasteiger partial charge in [0.15, 0.2) is 0 Å². The molecule has 0 fully saturated rings. The van der Waals surface area contributed by atoms with E-state index in [1.54, 1.807) is 6.20 Å². The number of nitrogen functional groups attached to an aromatic ring is 1. The molecule has 0 aliphatic heterocycles. The van der Waals surface area contributed by atoms with Crippen molar-refractivity contribution in [3.05, 3.63) is 16.7 Å². The van der Waals surface area contributed by atoms with Crippen LogP contribution in [0.2, 0.25) is 0 Å². The molecule has 0 bridgehead atoms. The monoisotopic (exact) mass is 289 g/mol. The van der Waals surface area contributed by atoms with Crippen molar-refractivity contribution in [3.63, 3.8) is 0 Å². The average molecular weight is 290 g/mol. The number of nitrogens with zero attached hydrogens (tertiary/aromatic N) is 1. The zero-order chi connectivity index (χ0) is 11.3. The minimum absolute atomic E-state index is 0.405. The maximum absolute atomic E-state index is 5.61. The smallest absolute Gasteiger partial charge is 0.140 e. The van der Waals surface area contributed by atoms with Gasteiger partial charge >= 0.3 is 0 Å². The fourth-order valence-corrected chi connectivity index (χ4v) is 2.28. The van der Waals surface area contributed by atoms with E-state index in [1.165, 1.54) is 0 Å². The lowest BCUT2D eigenvalue weighted by Gasteiger charge is -2.14. The van der Waals surface area contributed by atoms with Gasteiger partial charge in [-0.15, -0.1) is 0 Å². The average Bonchev–Trinajstić information content (AvgIpc) is 2.19. The Labute approximate surface area is 103 Å². The van der Waals surface area contributed by atoms with E-state index < -0.39 is 0 Å². The number of rotatable bonds is 5. The molecule has 0 radical (unpaired) electrons. The van der Waals surface area contributed by atoms with Crippen molar-refractivity contribution in [2.24, 2.45) is 0 Å².